The van der Waals surface area contributed by atoms with Gasteiger partial charge in [-0.05, 0) is 49.5 Å². The predicted octanol–water partition coefficient (Wildman–Crippen LogP) is 3.66. The number of nitrogens with zero attached hydrogens (tertiary/aromatic N) is 1. The average Bonchev–Trinajstić information content (AvgIpc) is 2.61. The van der Waals surface area contributed by atoms with Crippen molar-refractivity contribution in [1.82, 2.24) is 5.32 Å². The number of methoxy groups -OCH3 is 2. The van der Waals surface area contributed by atoms with Crippen molar-refractivity contribution in [2.45, 2.75) is 13.0 Å². The van der Waals surface area contributed by atoms with E-state index < -0.39 is 4.92 Å². The number of benzene rings is 2. The highest BCUT2D eigenvalue weighted by Gasteiger charge is 2.14. The number of thiocarbonyl (C=S) groups is 1. The molecule has 0 bridgehead atoms. The second-order valence-electron chi connectivity index (χ2n) is 5.23. The van der Waals surface area contributed by atoms with Gasteiger partial charge in [-0.2, -0.15) is 0 Å². The molecule has 0 amide bonds. The Balaban J connectivity index is 2.06. The van der Waals surface area contributed by atoms with E-state index in [0.717, 1.165) is 17.1 Å². The lowest BCUT2D eigenvalue weighted by Crippen LogP contribution is -2.31. The molecule has 0 heterocycles. The molecule has 1 atom stereocenters. The third-order valence-electron chi connectivity index (χ3n) is 3.59. The minimum absolute atomic E-state index is 0.0268. The number of nitro groups is 1. The Morgan fingerprint density at radius 2 is 1.84 bits per heavy atom. The summed E-state index contributed by atoms with van der Waals surface area (Å²) in [5, 5.41) is 17.2. The highest BCUT2D eigenvalue weighted by atomic mass is 32.1. The molecule has 0 unspecified atom stereocenters. The molecule has 0 aliphatic carbocycles. The monoisotopic (exact) mass is 361 g/mol. The van der Waals surface area contributed by atoms with Gasteiger partial charge in [-0.15, -0.1) is 0 Å². The highest BCUT2D eigenvalue weighted by molar-refractivity contribution is 7.80. The zero-order valence-electron chi connectivity index (χ0n) is 14.1. The van der Waals surface area contributed by atoms with E-state index in [4.69, 9.17) is 21.7 Å². The number of rotatable bonds is 6. The fraction of sp³-hybridized carbons (Fsp3) is 0.235. The predicted molar refractivity (Wildman–Crippen MR) is 100 cm³/mol. The van der Waals surface area contributed by atoms with Crippen LogP contribution in [0.25, 0.3) is 0 Å². The molecule has 0 saturated heterocycles. The maximum atomic E-state index is 10.7. The maximum Gasteiger partial charge on any atom is 0.269 e. The van der Waals surface area contributed by atoms with Crippen LogP contribution >= 0.6 is 12.2 Å². The molecule has 2 rings (SSSR count). The largest absolute Gasteiger partial charge is 0.497 e. The molecule has 2 N–H and O–H groups in total. The number of ether oxygens (including phenoxy) is 2. The topological polar surface area (TPSA) is 85.7 Å². The van der Waals surface area contributed by atoms with Gasteiger partial charge in [0.15, 0.2) is 5.11 Å². The van der Waals surface area contributed by atoms with Crippen molar-refractivity contribution >= 4 is 28.7 Å². The Morgan fingerprint density at radius 1 is 1.16 bits per heavy atom. The van der Waals surface area contributed by atoms with Crippen LogP contribution in [0.2, 0.25) is 0 Å². The summed E-state index contributed by atoms with van der Waals surface area (Å²) in [5.74, 6) is 1.44. The Labute approximate surface area is 151 Å². The van der Waals surface area contributed by atoms with E-state index in [2.05, 4.69) is 10.6 Å². The molecule has 7 nitrogen and oxygen atoms in total. The van der Waals surface area contributed by atoms with E-state index in [1.165, 1.54) is 12.1 Å². The smallest absolute Gasteiger partial charge is 0.269 e. The van der Waals surface area contributed by atoms with Crippen LogP contribution in [0.1, 0.15) is 18.5 Å². The van der Waals surface area contributed by atoms with Crippen molar-refractivity contribution in [1.29, 1.82) is 0 Å². The van der Waals surface area contributed by atoms with Crippen molar-refractivity contribution in [2.75, 3.05) is 19.5 Å². The number of nitrogens with one attached hydrogen (secondary N) is 2. The first-order chi connectivity index (χ1) is 11.9. The SMILES string of the molecule is COc1ccc(OC)c([C@@H](C)NC(=S)Nc2ccc([N+](=O)[O-])cc2)c1. The number of anilines is 1. The molecule has 8 heteroatoms. The van der Waals surface area contributed by atoms with E-state index in [9.17, 15) is 10.1 Å². The first-order valence-electron chi connectivity index (χ1n) is 7.48. The van der Waals surface area contributed by atoms with Gasteiger partial charge in [0, 0.05) is 23.4 Å². The molecular weight excluding hydrogens is 342 g/mol. The van der Waals surface area contributed by atoms with Crippen LogP contribution in [-0.2, 0) is 0 Å². The third-order valence-corrected chi connectivity index (χ3v) is 3.81. The molecule has 2 aromatic carbocycles. The summed E-state index contributed by atoms with van der Waals surface area (Å²) in [5.41, 5.74) is 1.58. The van der Waals surface area contributed by atoms with E-state index in [-0.39, 0.29) is 11.7 Å². The molecule has 0 spiro atoms. The lowest BCUT2D eigenvalue weighted by molar-refractivity contribution is -0.384. The fourth-order valence-corrected chi connectivity index (χ4v) is 2.58. The summed E-state index contributed by atoms with van der Waals surface area (Å²) in [4.78, 5) is 10.2. The van der Waals surface area contributed by atoms with Gasteiger partial charge in [0.05, 0.1) is 25.2 Å². The molecule has 132 valence electrons. The van der Waals surface area contributed by atoms with Crippen LogP contribution in [0.5, 0.6) is 11.5 Å². The summed E-state index contributed by atoms with van der Waals surface area (Å²) in [6.07, 6.45) is 0. The van der Waals surface area contributed by atoms with Gasteiger partial charge in [-0.25, -0.2) is 0 Å². The summed E-state index contributed by atoms with van der Waals surface area (Å²) >= 11 is 5.31. The summed E-state index contributed by atoms with van der Waals surface area (Å²) < 4.78 is 10.6. The van der Waals surface area contributed by atoms with Crippen molar-refractivity contribution < 1.29 is 14.4 Å². The molecule has 2 aromatic rings. The van der Waals surface area contributed by atoms with Gasteiger partial charge in [0.1, 0.15) is 11.5 Å². The van der Waals surface area contributed by atoms with Crippen LogP contribution in [-0.4, -0.2) is 24.3 Å². The van der Waals surface area contributed by atoms with Crippen LogP contribution in [0.4, 0.5) is 11.4 Å². The zero-order valence-corrected chi connectivity index (χ0v) is 14.9. The van der Waals surface area contributed by atoms with E-state index in [1.807, 2.05) is 25.1 Å². The fourth-order valence-electron chi connectivity index (χ4n) is 2.29. The first kappa shape index (κ1) is 18.5. The van der Waals surface area contributed by atoms with Gasteiger partial charge < -0.3 is 20.1 Å². The zero-order chi connectivity index (χ0) is 18.4. The van der Waals surface area contributed by atoms with Gasteiger partial charge in [0.25, 0.3) is 5.69 Å². The molecule has 0 aliphatic rings. The third kappa shape index (κ3) is 4.80. The van der Waals surface area contributed by atoms with Gasteiger partial charge in [0.2, 0.25) is 0 Å². The molecule has 0 fully saturated rings. The second kappa shape index (κ2) is 8.29. The molecule has 0 aromatic heterocycles. The number of hydrogen-bond acceptors (Lipinski definition) is 5. The highest BCUT2D eigenvalue weighted by Crippen LogP contribution is 2.29. The Hall–Kier alpha value is -2.87. The molecule has 25 heavy (non-hydrogen) atoms. The Morgan fingerprint density at radius 3 is 2.40 bits per heavy atom. The average molecular weight is 361 g/mol. The van der Waals surface area contributed by atoms with Gasteiger partial charge in [-0.3, -0.25) is 10.1 Å². The van der Waals surface area contributed by atoms with Crippen LogP contribution in [0.15, 0.2) is 42.5 Å². The molecule has 0 radical (unpaired) electrons. The number of nitro benzene ring substituents is 1. The summed E-state index contributed by atoms with van der Waals surface area (Å²) in [6, 6.07) is 11.4. The van der Waals surface area contributed by atoms with Crippen LogP contribution in [0, 0.1) is 10.1 Å². The van der Waals surface area contributed by atoms with Crippen molar-refractivity contribution in [2.24, 2.45) is 0 Å². The minimum atomic E-state index is -0.447. The lowest BCUT2D eigenvalue weighted by atomic mass is 10.1. The van der Waals surface area contributed by atoms with Crippen molar-refractivity contribution in [3.8, 4) is 11.5 Å². The Bertz CT molecular complexity index is 765. The normalized spacial score (nSPS) is 11.3. The van der Waals surface area contributed by atoms with E-state index >= 15 is 0 Å². The number of hydrogen-bond donors (Lipinski definition) is 2. The molecule has 0 aliphatic heterocycles. The second-order valence-corrected chi connectivity index (χ2v) is 5.64. The quantitative estimate of drug-likeness (QED) is 0.461. The molecular formula is C17H19N3O4S. The van der Waals surface area contributed by atoms with Crippen LogP contribution in [0.3, 0.4) is 0 Å². The van der Waals surface area contributed by atoms with E-state index in [1.54, 1.807) is 26.4 Å². The summed E-state index contributed by atoms with van der Waals surface area (Å²) in [7, 11) is 3.20. The Kier molecular flexibility index (Phi) is 6.13. The van der Waals surface area contributed by atoms with E-state index in [0.29, 0.717) is 10.8 Å². The van der Waals surface area contributed by atoms with Crippen molar-refractivity contribution in [3.63, 3.8) is 0 Å². The first-order valence-corrected chi connectivity index (χ1v) is 7.89. The standard InChI is InChI=1S/C17H19N3O4S/c1-11(15-10-14(23-2)8-9-16(15)24-3)18-17(25)19-12-4-6-13(7-5-12)20(21)22/h4-11H,1-3H3,(H2,18,19,25)/t11-/m1/s1. The lowest BCUT2D eigenvalue weighted by Gasteiger charge is -2.20. The van der Waals surface area contributed by atoms with Gasteiger partial charge in [-0.1, -0.05) is 0 Å². The molecule has 0 saturated carbocycles. The maximum absolute atomic E-state index is 10.7. The van der Waals surface area contributed by atoms with Gasteiger partial charge >= 0.3 is 0 Å². The minimum Gasteiger partial charge on any atom is -0.497 e. The van der Waals surface area contributed by atoms with Crippen molar-refractivity contribution in [3.05, 3.63) is 58.1 Å². The summed E-state index contributed by atoms with van der Waals surface area (Å²) in [6.45, 7) is 1.95. The van der Waals surface area contributed by atoms with Crippen LogP contribution < -0.4 is 20.1 Å². The number of non-ortho nitro benzene ring substituents is 1.